The highest BCUT2D eigenvalue weighted by Gasteiger charge is 2.19. The smallest absolute Gasteiger partial charge is 0.164 e. The lowest BCUT2D eigenvalue weighted by Gasteiger charge is -2.17. The van der Waals surface area contributed by atoms with Gasteiger partial charge in [0.2, 0.25) is 0 Å². The van der Waals surface area contributed by atoms with Gasteiger partial charge in [0.05, 0.1) is 11.6 Å². The molecule has 10 aromatic carbocycles. The first kappa shape index (κ1) is 30.2. The molecular weight excluding hydrogens is 657 g/mol. The van der Waals surface area contributed by atoms with Gasteiger partial charge in [-0.2, -0.15) is 5.26 Å². The van der Waals surface area contributed by atoms with Crippen molar-refractivity contribution in [1.82, 2.24) is 15.0 Å². The van der Waals surface area contributed by atoms with Gasteiger partial charge in [-0.3, -0.25) is 0 Å². The van der Waals surface area contributed by atoms with Crippen molar-refractivity contribution in [2.24, 2.45) is 0 Å². The van der Waals surface area contributed by atoms with Crippen molar-refractivity contribution >= 4 is 64.6 Å². The number of nitriles is 1. The molecule has 0 saturated carbocycles. The van der Waals surface area contributed by atoms with Gasteiger partial charge in [-0.1, -0.05) is 146 Å². The van der Waals surface area contributed by atoms with Crippen molar-refractivity contribution in [1.29, 1.82) is 5.26 Å². The van der Waals surface area contributed by atoms with E-state index in [-0.39, 0.29) is 0 Å². The molecule has 0 atom stereocenters. The van der Waals surface area contributed by atoms with Crippen LogP contribution in [-0.4, -0.2) is 15.0 Å². The summed E-state index contributed by atoms with van der Waals surface area (Å²) in [6.45, 7) is 0. The molecule has 4 nitrogen and oxygen atoms in total. The molecule has 0 aliphatic heterocycles. The predicted octanol–water partition coefficient (Wildman–Crippen LogP) is 12.8. The molecule has 248 valence electrons. The average molecular weight is 685 g/mol. The summed E-state index contributed by atoms with van der Waals surface area (Å²) in [4.78, 5) is 15.6. The van der Waals surface area contributed by atoms with E-state index in [2.05, 4.69) is 109 Å². The van der Waals surface area contributed by atoms with Crippen LogP contribution in [0.5, 0.6) is 0 Å². The summed E-state index contributed by atoms with van der Waals surface area (Å²) in [6.07, 6.45) is 0. The third-order valence-electron chi connectivity index (χ3n) is 10.8. The fourth-order valence-corrected chi connectivity index (χ4v) is 8.41. The van der Waals surface area contributed by atoms with Crippen molar-refractivity contribution in [3.05, 3.63) is 175 Å². The molecule has 4 heteroatoms. The molecule has 54 heavy (non-hydrogen) atoms. The minimum Gasteiger partial charge on any atom is -0.208 e. The Morgan fingerprint density at radius 2 is 0.833 bits per heavy atom. The fraction of sp³-hybridized carbons (Fsp3) is 0. The molecule has 0 fully saturated rings. The van der Waals surface area contributed by atoms with E-state index in [9.17, 15) is 5.26 Å². The molecule has 0 amide bonds. The Hall–Kier alpha value is -7.48. The summed E-state index contributed by atoms with van der Waals surface area (Å²) in [7, 11) is 0. The van der Waals surface area contributed by atoms with E-state index in [0.717, 1.165) is 38.6 Å². The Labute approximate surface area is 310 Å². The van der Waals surface area contributed by atoms with E-state index in [1.54, 1.807) is 0 Å². The molecule has 11 rings (SSSR count). The second-order valence-corrected chi connectivity index (χ2v) is 13.9. The van der Waals surface area contributed by atoms with Crippen LogP contribution in [0.2, 0.25) is 0 Å². The standard InChI is InChI=1S/C50H28N4/c51-29-30-19-21-31(22-20-30)38-14-4-5-15-42(38)50-53-48(35-9-2-1-3-10-35)52-49(54-50)37-27-36-26-25-34-12-7-17-40-39-16-6-11-32-23-24-33-13-8-18-41(46(33)44(32)39)43(28-37)47(36)45(34)40/h1-28H. The van der Waals surface area contributed by atoms with Crippen LogP contribution in [0.15, 0.2) is 170 Å². The number of benzene rings is 9. The van der Waals surface area contributed by atoms with Gasteiger partial charge in [-0.25, -0.2) is 15.0 Å². The number of hydrogen-bond donors (Lipinski definition) is 0. The van der Waals surface area contributed by atoms with Crippen LogP contribution in [-0.2, 0) is 0 Å². The largest absolute Gasteiger partial charge is 0.208 e. The first-order valence-electron chi connectivity index (χ1n) is 18.1. The molecule has 0 bridgehead atoms. The summed E-state index contributed by atoms with van der Waals surface area (Å²) in [5.41, 5.74) is 5.31. The highest BCUT2D eigenvalue weighted by Crippen LogP contribution is 2.44. The van der Waals surface area contributed by atoms with Crippen LogP contribution in [0.25, 0.3) is 110 Å². The van der Waals surface area contributed by atoms with Crippen molar-refractivity contribution in [3.63, 3.8) is 0 Å². The van der Waals surface area contributed by atoms with E-state index < -0.39 is 0 Å². The van der Waals surface area contributed by atoms with Gasteiger partial charge in [-0.15, -0.1) is 0 Å². The maximum absolute atomic E-state index is 9.44. The molecule has 1 heterocycles. The number of aromatic nitrogens is 3. The normalized spacial score (nSPS) is 11.7. The zero-order chi connectivity index (χ0) is 35.8. The van der Waals surface area contributed by atoms with E-state index in [1.165, 1.54) is 53.9 Å². The average Bonchev–Trinajstić information content (AvgIpc) is 3.25. The Kier molecular flexibility index (Phi) is 6.58. The van der Waals surface area contributed by atoms with Crippen LogP contribution in [0.1, 0.15) is 5.56 Å². The van der Waals surface area contributed by atoms with Gasteiger partial charge < -0.3 is 0 Å². The van der Waals surface area contributed by atoms with Gasteiger partial charge in [0, 0.05) is 16.7 Å². The van der Waals surface area contributed by atoms with Gasteiger partial charge in [0.1, 0.15) is 0 Å². The molecule has 1 aromatic heterocycles. The topological polar surface area (TPSA) is 62.5 Å². The van der Waals surface area contributed by atoms with Gasteiger partial charge in [-0.05, 0) is 100 Å². The summed E-state index contributed by atoms with van der Waals surface area (Å²) in [5.74, 6) is 1.80. The van der Waals surface area contributed by atoms with Crippen LogP contribution >= 0.6 is 0 Å². The van der Waals surface area contributed by atoms with E-state index >= 15 is 0 Å². The summed E-state index contributed by atoms with van der Waals surface area (Å²) < 4.78 is 0. The molecule has 0 aliphatic rings. The van der Waals surface area contributed by atoms with Crippen molar-refractivity contribution in [3.8, 4) is 51.4 Å². The lowest BCUT2D eigenvalue weighted by atomic mass is 9.87. The quantitative estimate of drug-likeness (QED) is 0.173. The SMILES string of the molecule is N#Cc1ccc(-c2ccccc2-c2nc(-c3ccccc3)nc(-c3cc4ccc5cccc6c7cccc8ccc9cccc(c(c3)c4c56)c9c87)n2)cc1. The molecule has 0 saturated heterocycles. The first-order valence-corrected chi connectivity index (χ1v) is 18.1. The second-order valence-electron chi connectivity index (χ2n) is 13.9. The van der Waals surface area contributed by atoms with Crippen LogP contribution in [0.4, 0.5) is 0 Å². The molecular formula is C50H28N4. The number of hydrogen-bond acceptors (Lipinski definition) is 4. The maximum Gasteiger partial charge on any atom is 0.164 e. The van der Waals surface area contributed by atoms with E-state index in [1.807, 2.05) is 66.7 Å². The van der Waals surface area contributed by atoms with Crippen LogP contribution < -0.4 is 0 Å². The van der Waals surface area contributed by atoms with Crippen molar-refractivity contribution in [2.75, 3.05) is 0 Å². The molecule has 11 aromatic rings. The second kappa shape index (κ2) is 11.8. The third kappa shape index (κ3) is 4.59. The summed E-state index contributed by atoms with van der Waals surface area (Å²) in [6, 6.07) is 61.7. The number of rotatable bonds is 4. The predicted molar refractivity (Wildman–Crippen MR) is 223 cm³/mol. The van der Waals surface area contributed by atoms with Crippen LogP contribution in [0, 0.1) is 11.3 Å². The molecule has 0 unspecified atom stereocenters. The maximum atomic E-state index is 9.44. The van der Waals surface area contributed by atoms with Gasteiger partial charge >= 0.3 is 0 Å². The van der Waals surface area contributed by atoms with Gasteiger partial charge in [0.25, 0.3) is 0 Å². The summed E-state index contributed by atoms with van der Waals surface area (Å²) in [5, 5.41) is 24.1. The molecule has 0 aliphatic carbocycles. The molecule has 0 radical (unpaired) electrons. The third-order valence-corrected chi connectivity index (χ3v) is 10.8. The lowest BCUT2D eigenvalue weighted by Crippen LogP contribution is -2.01. The van der Waals surface area contributed by atoms with E-state index in [0.29, 0.717) is 23.0 Å². The number of fused-ring (bicyclic) bond motifs is 2. The summed E-state index contributed by atoms with van der Waals surface area (Å²) >= 11 is 0. The Morgan fingerprint density at radius 1 is 0.333 bits per heavy atom. The Balaban J connectivity index is 1.25. The molecule has 0 spiro atoms. The minimum atomic E-state index is 0.586. The fourth-order valence-electron chi connectivity index (χ4n) is 8.41. The molecule has 0 N–H and O–H groups in total. The van der Waals surface area contributed by atoms with Gasteiger partial charge in [0.15, 0.2) is 17.5 Å². The Bertz CT molecular complexity index is 3320. The zero-order valence-electron chi connectivity index (χ0n) is 29.0. The Morgan fingerprint density at radius 3 is 1.44 bits per heavy atom. The monoisotopic (exact) mass is 684 g/mol. The van der Waals surface area contributed by atoms with Crippen molar-refractivity contribution < 1.29 is 0 Å². The zero-order valence-corrected chi connectivity index (χ0v) is 29.0. The minimum absolute atomic E-state index is 0.586. The highest BCUT2D eigenvalue weighted by molar-refractivity contribution is 6.37. The first-order chi connectivity index (χ1) is 26.7. The van der Waals surface area contributed by atoms with Crippen molar-refractivity contribution in [2.45, 2.75) is 0 Å². The number of nitrogens with zero attached hydrogens (tertiary/aromatic N) is 4. The van der Waals surface area contributed by atoms with Crippen LogP contribution in [0.3, 0.4) is 0 Å². The highest BCUT2D eigenvalue weighted by atomic mass is 15.0. The lowest BCUT2D eigenvalue weighted by molar-refractivity contribution is 1.08. The van der Waals surface area contributed by atoms with E-state index in [4.69, 9.17) is 15.0 Å².